The average molecular weight is 736 g/mol. The Morgan fingerprint density at radius 1 is 1.19 bits per heavy atom. The van der Waals surface area contributed by atoms with Crippen molar-refractivity contribution in [2.45, 2.75) is 103 Å². The molecule has 15 heteroatoms. The lowest BCUT2D eigenvalue weighted by molar-refractivity contribution is -0.138. The standard InChI is InChI=1S/C37H44ClF2N9O3/c1-34(2,3)20-37(35(4)12-10-22(11-13-35)24-17-43-47(18-24)31(39)40)30(50)48(32(41)45-37)28(19-52-33(51)46-36(5)14-15-36)23-6-9-27(38)26(16-23)29-42-21-44-49(29)25-7-8-25/h6,9-12,16-18,21,25,28,31H,7-8,13-15,19-20H2,1-5H3,(H2,41,45)(H,46,51)/t28-,35?,37+/m1/s1. The predicted molar refractivity (Wildman–Crippen MR) is 192 cm³/mol. The minimum Gasteiger partial charge on any atom is -0.447 e. The summed E-state index contributed by atoms with van der Waals surface area (Å²) in [5, 5.41) is 11.6. The summed E-state index contributed by atoms with van der Waals surface area (Å²) in [6.45, 7) is 7.06. The number of nitrogens with two attached hydrogens (primary N) is 1. The topological polar surface area (TPSA) is 146 Å². The number of aliphatic imine (C=N–C) groups is 1. The molecule has 3 aromatic rings. The molecule has 3 atom stereocenters. The van der Waals surface area contributed by atoms with E-state index in [1.807, 2.05) is 63.6 Å². The number of nitrogens with one attached hydrogen (secondary N) is 1. The molecule has 52 heavy (non-hydrogen) atoms. The maximum absolute atomic E-state index is 15.3. The molecule has 0 radical (unpaired) electrons. The molecule has 4 aliphatic rings. The summed E-state index contributed by atoms with van der Waals surface area (Å²) in [4.78, 5) is 39.3. The average Bonchev–Trinajstić information content (AvgIpc) is 3.89. The predicted octanol–water partition coefficient (Wildman–Crippen LogP) is 7.23. The van der Waals surface area contributed by atoms with Crippen molar-refractivity contribution in [1.82, 2.24) is 34.8 Å². The molecule has 1 aromatic carbocycles. The van der Waals surface area contributed by atoms with E-state index < -0.39 is 29.6 Å². The van der Waals surface area contributed by atoms with Gasteiger partial charge in [0.15, 0.2) is 17.3 Å². The molecule has 1 aliphatic heterocycles. The molecule has 7 rings (SSSR count). The van der Waals surface area contributed by atoms with Gasteiger partial charge in [0, 0.05) is 28.3 Å². The minimum atomic E-state index is -2.75. The second-order valence-electron chi connectivity index (χ2n) is 16.1. The van der Waals surface area contributed by atoms with Gasteiger partial charge in [-0.15, -0.1) is 0 Å². The number of hydrogen-bond acceptors (Lipinski definition) is 8. The first-order valence-electron chi connectivity index (χ1n) is 17.6. The molecule has 2 fully saturated rings. The lowest BCUT2D eigenvalue weighted by Gasteiger charge is -2.45. The van der Waals surface area contributed by atoms with Crippen LogP contribution in [0.5, 0.6) is 0 Å². The Morgan fingerprint density at radius 2 is 1.94 bits per heavy atom. The van der Waals surface area contributed by atoms with E-state index in [1.165, 1.54) is 23.6 Å². The molecular weight excluding hydrogens is 692 g/mol. The lowest BCUT2D eigenvalue weighted by atomic mass is 9.61. The van der Waals surface area contributed by atoms with E-state index in [9.17, 15) is 13.6 Å². The fraction of sp³-hybridized carbons (Fsp3) is 0.514. The number of carbonyl (C=O) groups excluding carboxylic acids is 2. The smallest absolute Gasteiger partial charge is 0.407 e. The molecule has 1 unspecified atom stereocenters. The summed E-state index contributed by atoms with van der Waals surface area (Å²) in [5.74, 6) is 0.263. The van der Waals surface area contributed by atoms with E-state index in [1.54, 1.807) is 12.1 Å². The highest BCUT2D eigenvalue weighted by Crippen LogP contribution is 2.53. The molecule has 2 amide bonds. The molecule has 0 bridgehead atoms. The zero-order valence-corrected chi connectivity index (χ0v) is 30.7. The van der Waals surface area contributed by atoms with Gasteiger partial charge in [-0.05, 0) is 74.1 Å². The molecule has 12 nitrogen and oxygen atoms in total. The number of benzene rings is 1. The van der Waals surface area contributed by atoms with Gasteiger partial charge in [0.2, 0.25) is 0 Å². The van der Waals surface area contributed by atoms with E-state index in [0.717, 1.165) is 25.7 Å². The largest absolute Gasteiger partial charge is 0.447 e. The Hall–Kier alpha value is -4.59. The van der Waals surface area contributed by atoms with Gasteiger partial charge in [-0.3, -0.25) is 9.69 Å². The summed E-state index contributed by atoms with van der Waals surface area (Å²) < 4.78 is 34.9. The van der Waals surface area contributed by atoms with Gasteiger partial charge >= 0.3 is 12.6 Å². The number of alkyl carbamates (subject to hydrolysis) is 1. The van der Waals surface area contributed by atoms with Crippen LogP contribution in [-0.2, 0) is 9.53 Å². The SMILES string of the molecule is CC(C)(C)C[C@]1(C2(C)C=CC(c3cnn(C(F)F)c3)=CC2)N=C(N)N([C@H](COC(=O)NC2(C)CC2)c2ccc(Cl)c(-c3ncnn3C3CC3)c2)C1=O. The normalized spacial score (nSPS) is 24.6. The van der Waals surface area contributed by atoms with Gasteiger partial charge in [-0.1, -0.05) is 63.6 Å². The Labute approximate surface area is 306 Å². The number of halogens is 3. The number of allylic oxidation sites excluding steroid dienone is 3. The van der Waals surface area contributed by atoms with Crippen molar-refractivity contribution in [2.75, 3.05) is 6.61 Å². The van der Waals surface area contributed by atoms with Crippen LogP contribution in [0.3, 0.4) is 0 Å². The number of alkyl halides is 2. The molecule has 3 aliphatic carbocycles. The number of ether oxygens (including phenoxy) is 1. The first kappa shape index (κ1) is 35.8. The Bertz CT molecular complexity index is 1990. The van der Waals surface area contributed by atoms with Crippen LogP contribution in [0.15, 0.2) is 60.1 Å². The highest BCUT2D eigenvalue weighted by molar-refractivity contribution is 6.33. The van der Waals surface area contributed by atoms with Gasteiger partial charge in [-0.2, -0.15) is 19.0 Å². The minimum absolute atomic E-state index is 0.00216. The highest BCUT2D eigenvalue weighted by atomic mass is 35.5. The molecule has 3 N–H and O–H groups in total. The third-order valence-electron chi connectivity index (χ3n) is 10.5. The molecule has 0 spiro atoms. The second-order valence-corrected chi connectivity index (χ2v) is 16.5. The van der Waals surface area contributed by atoms with Crippen molar-refractivity contribution in [1.29, 1.82) is 0 Å². The molecule has 0 saturated heterocycles. The van der Waals surface area contributed by atoms with Gasteiger partial charge in [0.05, 0.1) is 23.3 Å². The third kappa shape index (κ3) is 6.72. The van der Waals surface area contributed by atoms with E-state index in [2.05, 4.69) is 20.5 Å². The van der Waals surface area contributed by atoms with Crippen molar-refractivity contribution in [3.05, 3.63) is 71.3 Å². The third-order valence-corrected chi connectivity index (χ3v) is 10.9. The van der Waals surface area contributed by atoms with Crippen LogP contribution in [-0.4, -0.2) is 65.1 Å². The van der Waals surface area contributed by atoms with E-state index in [4.69, 9.17) is 27.1 Å². The maximum atomic E-state index is 15.3. The number of hydrogen-bond donors (Lipinski definition) is 2. The van der Waals surface area contributed by atoms with Gasteiger partial charge < -0.3 is 15.8 Å². The summed E-state index contributed by atoms with van der Waals surface area (Å²) >= 11 is 6.76. The highest BCUT2D eigenvalue weighted by Gasteiger charge is 2.60. The number of rotatable bonds is 11. The first-order valence-corrected chi connectivity index (χ1v) is 17.9. The number of nitrogens with zero attached hydrogens (tertiary/aromatic N) is 7. The summed E-state index contributed by atoms with van der Waals surface area (Å²) in [6, 6.07) is 4.75. The quantitative estimate of drug-likeness (QED) is 0.211. The number of aromatic nitrogens is 5. The van der Waals surface area contributed by atoms with Crippen molar-refractivity contribution in [3.63, 3.8) is 0 Å². The molecule has 276 valence electrons. The zero-order chi connectivity index (χ0) is 37.2. The van der Waals surface area contributed by atoms with Crippen LogP contribution in [0, 0.1) is 10.8 Å². The summed E-state index contributed by atoms with van der Waals surface area (Å²) in [7, 11) is 0. The summed E-state index contributed by atoms with van der Waals surface area (Å²) in [5.41, 5.74) is 6.38. The van der Waals surface area contributed by atoms with Crippen molar-refractivity contribution < 1.29 is 23.1 Å². The first-order chi connectivity index (χ1) is 24.5. The van der Waals surface area contributed by atoms with Gasteiger partial charge in [0.1, 0.15) is 12.9 Å². The second kappa shape index (κ2) is 12.8. The fourth-order valence-electron chi connectivity index (χ4n) is 7.22. The van der Waals surface area contributed by atoms with Crippen LogP contribution in [0.2, 0.25) is 5.02 Å². The molecule has 2 aromatic heterocycles. The Balaban J connectivity index is 1.26. The van der Waals surface area contributed by atoms with Crippen molar-refractivity contribution in [2.24, 2.45) is 21.6 Å². The number of amides is 2. The fourth-order valence-corrected chi connectivity index (χ4v) is 7.43. The monoisotopic (exact) mass is 735 g/mol. The molecular formula is C37H44ClF2N9O3. The van der Waals surface area contributed by atoms with Crippen molar-refractivity contribution >= 4 is 35.1 Å². The van der Waals surface area contributed by atoms with E-state index in [0.29, 0.717) is 50.6 Å². The maximum Gasteiger partial charge on any atom is 0.407 e. The van der Waals surface area contributed by atoms with Gasteiger partial charge in [-0.25, -0.2) is 24.1 Å². The molecule has 2 saturated carbocycles. The summed E-state index contributed by atoms with van der Waals surface area (Å²) in [6.07, 6.45) is 13.7. The van der Waals surface area contributed by atoms with E-state index >= 15 is 4.79 Å². The van der Waals surface area contributed by atoms with Crippen LogP contribution in [0.4, 0.5) is 13.6 Å². The van der Waals surface area contributed by atoms with Crippen molar-refractivity contribution in [3.8, 4) is 11.4 Å². The molecule has 3 heterocycles. The Morgan fingerprint density at radius 3 is 2.56 bits per heavy atom. The number of carbonyl (C=O) groups is 2. The van der Waals surface area contributed by atoms with Crippen LogP contribution >= 0.6 is 11.6 Å². The van der Waals surface area contributed by atoms with E-state index in [-0.39, 0.29) is 35.5 Å². The zero-order valence-electron chi connectivity index (χ0n) is 29.9. The Kier molecular flexibility index (Phi) is 8.82. The van der Waals surface area contributed by atoms with Crippen LogP contribution in [0.25, 0.3) is 17.0 Å². The lowest BCUT2D eigenvalue weighted by Crippen LogP contribution is -2.55. The van der Waals surface area contributed by atoms with Gasteiger partial charge in [0.25, 0.3) is 5.91 Å². The van der Waals surface area contributed by atoms with Crippen LogP contribution < -0.4 is 11.1 Å². The van der Waals surface area contributed by atoms with Crippen LogP contribution in [0.1, 0.15) is 103 Å². The number of guanidine groups is 1.